The van der Waals surface area contributed by atoms with Crippen molar-refractivity contribution in [3.05, 3.63) is 29.8 Å². The summed E-state index contributed by atoms with van der Waals surface area (Å²) < 4.78 is 5.58. The highest BCUT2D eigenvalue weighted by molar-refractivity contribution is 5.94. The van der Waals surface area contributed by atoms with E-state index < -0.39 is 0 Å². The smallest absolute Gasteiger partial charge is 0.251 e. The Kier molecular flexibility index (Phi) is 7.04. The first-order valence-corrected chi connectivity index (χ1v) is 6.79. The minimum absolute atomic E-state index is 0.0494. The van der Waals surface area contributed by atoms with E-state index in [4.69, 9.17) is 4.74 Å². The third-order valence-electron chi connectivity index (χ3n) is 2.77. The SMILES string of the molecule is CN(C)CCNC(=O)c1ccc(OCCN(C)C)cc1. The zero-order valence-electron chi connectivity index (χ0n) is 12.8. The van der Waals surface area contributed by atoms with Gasteiger partial charge in [0.05, 0.1) is 0 Å². The molecule has 5 heteroatoms. The van der Waals surface area contributed by atoms with Crippen LogP contribution in [0.25, 0.3) is 0 Å². The van der Waals surface area contributed by atoms with Crippen LogP contribution in [0.2, 0.25) is 0 Å². The van der Waals surface area contributed by atoms with E-state index in [9.17, 15) is 4.79 Å². The molecular formula is C15H25N3O2. The van der Waals surface area contributed by atoms with Crippen molar-refractivity contribution < 1.29 is 9.53 Å². The Bertz CT molecular complexity index is 402. The van der Waals surface area contributed by atoms with E-state index in [1.165, 1.54) is 0 Å². The van der Waals surface area contributed by atoms with E-state index in [-0.39, 0.29) is 5.91 Å². The summed E-state index contributed by atoms with van der Waals surface area (Å²) in [5.74, 6) is 0.739. The van der Waals surface area contributed by atoms with Gasteiger partial charge in [0.2, 0.25) is 0 Å². The molecule has 0 saturated carbocycles. The highest BCUT2D eigenvalue weighted by atomic mass is 16.5. The third kappa shape index (κ3) is 6.54. The number of likely N-dealkylation sites (N-methyl/N-ethyl adjacent to an activating group) is 2. The maximum atomic E-state index is 11.9. The molecule has 0 aliphatic heterocycles. The van der Waals surface area contributed by atoms with Crippen molar-refractivity contribution in [1.82, 2.24) is 15.1 Å². The summed E-state index contributed by atoms with van der Waals surface area (Å²) in [7, 11) is 7.97. The summed E-state index contributed by atoms with van der Waals surface area (Å²) in [5, 5.41) is 2.88. The van der Waals surface area contributed by atoms with Crippen molar-refractivity contribution >= 4 is 5.91 Å². The highest BCUT2D eigenvalue weighted by Crippen LogP contribution is 2.12. The molecule has 0 aliphatic carbocycles. The second-order valence-electron chi connectivity index (χ2n) is 5.24. The molecule has 0 unspecified atom stereocenters. The van der Waals surface area contributed by atoms with E-state index in [2.05, 4.69) is 10.2 Å². The summed E-state index contributed by atoms with van der Waals surface area (Å²) in [4.78, 5) is 16.0. The van der Waals surface area contributed by atoms with Crippen LogP contribution in [0.5, 0.6) is 5.75 Å². The van der Waals surface area contributed by atoms with Crippen LogP contribution in [0.4, 0.5) is 0 Å². The zero-order chi connectivity index (χ0) is 15.0. The molecule has 1 amide bonds. The van der Waals surface area contributed by atoms with Crippen molar-refractivity contribution in [1.29, 1.82) is 0 Å². The Balaban J connectivity index is 2.39. The standard InChI is InChI=1S/C15H25N3O2/c1-17(2)10-9-16-15(19)13-5-7-14(8-6-13)20-12-11-18(3)4/h5-8H,9-12H2,1-4H3,(H,16,19). The van der Waals surface area contributed by atoms with Gasteiger partial charge in [0.15, 0.2) is 0 Å². The fraction of sp³-hybridized carbons (Fsp3) is 0.533. The van der Waals surface area contributed by atoms with Crippen molar-refractivity contribution in [2.75, 3.05) is 54.4 Å². The van der Waals surface area contributed by atoms with Gasteiger partial charge in [-0.2, -0.15) is 0 Å². The van der Waals surface area contributed by atoms with E-state index in [0.29, 0.717) is 18.7 Å². The second kappa shape index (κ2) is 8.55. The molecule has 20 heavy (non-hydrogen) atoms. The molecule has 0 spiro atoms. The van der Waals surface area contributed by atoms with Gasteiger partial charge in [-0.3, -0.25) is 4.79 Å². The van der Waals surface area contributed by atoms with Crippen molar-refractivity contribution in [2.45, 2.75) is 0 Å². The second-order valence-corrected chi connectivity index (χ2v) is 5.24. The number of hydrogen-bond acceptors (Lipinski definition) is 4. The predicted molar refractivity (Wildman–Crippen MR) is 81.4 cm³/mol. The maximum Gasteiger partial charge on any atom is 0.251 e. The van der Waals surface area contributed by atoms with Gasteiger partial charge < -0.3 is 19.9 Å². The summed E-state index contributed by atoms with van der Waals surface area (Å²) in [6.07, 6.45) is 0. The number of benzene rings is 1. The molecule has 1 rings (SSSR count). The van der Waals surface area contributed by atoms with Gasteiger partial charge in [0.1, 0.15) is 12.4 Å². The number of amides is 1. The summed E-state index contributed by atoms with van der Waals surface area (Å²) in [6, 6.07) is 7.24. The molecule has 0 bridgehead atoms. The van der Waals surface area contributed by atoms with Crippen LogP contribution in [-0.4, -0.2) is 70.1 Å². The average molecular weight is 279 g/mol. The van der Waals surface area contributed by atoms with Crippen LogP contribution >= 0.6 is 0 Å². The minimum Gasteiger partial charge on any atom is -0.492 e. The first-order chi connectivity index (χ1) is 9.49. The van der Waals surface area contributed by atoms with Gasteiger partial charge in [0, 0.05) is 25.2 Å². The molecule has 0 heterocycles. The largest absolute Gasteiger partial charge is 0.492 e. The van der Waals surface area contributed by atoms with E-state index in [1.807, 2.05) is 45.2 Å². The van der Waals surface area contributed by atoms with Crippen LogP contribution in [0.15, 0.2) is 24.3 Å². The zero-order valence-corrected chi connectivity index (χ0v) is 12.8. The summed E-state index contributed by atoms with van der Waals surface area (Å²) in [6.45, 7) is 2.98. The molecule has 0 atom stereocenters. The summed E-state index contributed by atoms with van der Waals surface area (Å²) in [5.41, 5.74) is 0.656. The number of carbonyl (C=O) groups excluding carboxylic acids is 1. The highest BCUT2D eigenvalue weighted by Gasteiger charge is 2.05. The van der Waals surface area contributed by atoms with Gasteiger partial charge >= 0.3 is 0 Å². The summed E-state index contributed by atoms with van der Waals surface area (Å²) >= 11 is 0. The average Bonchev–Trinajstić information content (AvgIpc) is 2.38. The van der Waals surface area contributed by atoms with Crippen LogP contribution < -0.4 is 10.1 Å². The van der Waals surface area contributed by atoms with Gasteiger partial charge in [0.25, 0.3) is 5.91 Å². The normalized spacial score (nSPS) is 10.9. The van der Waals surface area contributed by atoms with Crippen molar-refractivity contribution in [3.8, 4) is 5.75 Å². The minimum atomic E-state index is -0.0494. The molecule has 1 aromatic rings. The molecule has 0 saturated heterocycles. The number of hydrogen-bond donors (Lipinski definition) is 1. The number of rotatable bonds is 8. The monoisotopic (exact) mass is 279 g/mol. The van der Waals surface area contributed by atoms with Crippen LogP contribution in [0.3, 0.4) is 0 Å². The Morgan fingerprint density at radius 2 is 1.65 bits per heavy atom. The topological polar surface area (TPSA) is 44.8 Å². The molecule has 0 radical (unpaired) electrons. The number of carbonyl (C=O) groups is 1. The Labute approximate surface area is 121 Å². The Morgan fingerprint density at radius 1 is 1.05 bits per heavy atom. The number of nitrogens with one attached hydrogen (secondary N) is 1. The fourth-order valence-corrected chi connectivity index (χ4v) is 1.54. The van der Waals surface area contributed by atoms with E-state index in [1.54, 1.807) is 12.1 Å². The quantitative estimate of drug-likeness (QED) is 0.768. The van der Waals surface area contributed by atoms with E-state index in [0.717, 1.165) is 18.8 Å². The first-order valence-electron chi connectivity index (χ1n) is 6.79. The molecule has 1 N–H and O–H groups in total. The molecular weight excluding hydrogens is 254 g/mol. The lowest BCUT2D eigenvalue weighted by atomic mass is 10.2. The predicted octanol–water partition coefficient (Wildman–Crippen LogP) is 0.918. The number of nitrogens with zero attached hydrogens (tertiary/aromatic N) is 2. The molecule has 0 aromatic heterocycles. The van der Waals surface area contributed by atoms with Crippen LogP contribution in [-0.2, 0) is 0 Å². The lowest BCUT2D eigenvalue weighted by molar-refractivity contribution is 0.0951. The van der Waals surface area contributed by atoms with Gasteiger partial charge in [-0.1, -0.05) is 0 Å². The Hall–Kier alpha value is -1.59. The molecule has 112 valence electrons. The fourth-order valence-electron chi connectivity index (χ4n) is 1.54. The number of ether oxygens (including phenoxy) is 1. The molecule has 0 aliphatic rings. The van der Waals surface area contributed by atoms with E-state index >= 15 is 0 Å². The van der Waals surface area contributed by atoms with Gasteiger partial charge in [-0.05, 0) is 52.5 Å². The maximum absolute atomic E-state index is 11.9. The van der Waals surface area contributed by atoms with Crippen LogP contribution in [0, 0.1) is 0 Å². The molecule has 0 fully saturated rings. The van der Waals surface area contributed by atoms with Crippen molar-refractivity contribution in [2.24, 2.45) is 0 Å². The molecule has 1 aromatic carbocycles. The lowest BCUT2D eigenvalue weighted by Crippen LogP contribution is -2.31. The van der Waals surface area contributed by atoms with Crippen LogP contribution in [0.1, 0.15) is 10.4 Å². The lowest BCUT2D eigenvalue weighted by Gasteiger charge is -2.12. The first kappa shape index (κ1) is 16.5. The van der Waals surface area contributed by atoms with Gasteiger partial charge in [-0.15, -0.1) is 0 Å². The van der Waals surface area contributed by atoms with Gasteiger partial charge in [-0.25, -0.2) is 0 Å². The third-order valence-corrected chi connectivity index (χ3v) is 2.77. The Morgan fingerprint density at radius 3 is 2.20 bits per heavy atom. The van der Waals surface area contributed by atoms with Crippen molar-refractivity contribution in [3.63, 3.8) is 0 Å². The molecule has 5 nitrogen and oxygen atoms in total.